The fraction of sp³-hybridized carbons (Fsp3) is 0.300. The van der Waals surface area contributed by atoms with Crippen LogP contribution in [0.2, 0.25) is 0 Å². The zero-order valence-corrected chi connectivity index (χ0v) is 16.5. The Bertz CT molecular complexity index is 849. The molecule has 0 fully saturated rings. The normalized spacial score (nSPS) is 11.8. The Kier molecular flexibility index (Phi) is 5.81. The molecule has 6 nitrogen and oxygen atoms in total. The Labute approximate surface area is 164 Å². The number of likely N-dealkylation sites (N-methyl/N-ethyl adjacent to an activating group) is 1. The first-order valence-electron chi connectivity index (χ1n) is 8.79. The van der Waals surface area contributed by atoms with E-state index in [1.165, 1.54) is 0 Å². The van der Waals surface area contributed by atoms with Crippen LogP contribution in [0.1, 0.15) is 18.1 Å². The highest BCUT2D eigenvalue weighted by molar-refractivity contribution is 7.80. The Morgan fingerprint density at radius 1 is 1.11 bits per heavy atom. The van der Waals surface area contributed by atoms with Crippen LogP contribution in [0.25, 0.3) is 0 Å². The maximum Gasteiger partial charge on any atom is 0.243 e. The summed E-state index contributed by atoms with van der Waals surface area (Å²) in [6, 6.07) is 11.5. The van der Waals surface area contributed by atoms with Gasteiger partial charge in [-0.25, -0.2) is 0 Å². The van der Waals surface area contributed by atoms with Crippen LogP contribution in [0.15, 0.2) is 36.4 Å². The van der Waals surface area contributed by atoms with Crippen LogP contribution in [0.3, 0.4) is 0 Å². The number of para-hydroxylation sites is 1. The van der Waals surface area contributed by atoms with Crippen molar-refractivity contribution in [2.75, 3.05) is 30.5 Å². The predicted octanol–water partition coefficient (Wildman–Crippen LogP) is 3.69. The molecule has 27 heavy (non-hydrogen) atoms. The Morgan fingerprint density at radius 2 is 1.81 bits per heavy atom. The zero-order chi connectivity index (χ0) is 19.4. The topological polar surface area (TPSA) is 62.8 Å². The summed E-state index contributed by atoms with van der Waals surface area (Å²) in [4.78, 5) is 14.3. The van der Waals surface area contributed by atoms with E-state index in [-0.39, 0.29) is 19.2 Å². The van der Waals surface area contributed by atoms with E-state index in [1.54, 1.807) is 0 Å². The molecule has 0 bridgehead atoms. The summed E-state index contributed by atoms with van der Waals surface area (Å²) in [6.45, 7) is 6.91. The molecule has 0 aromatic heterocycles. The van der Waals surface area contributed by atoms with E-state index in [1.807, 2.05) is 62.1 Å². The first-order chi connectivity index (χ1) is 13.0. The molecule has 1 amide bonds. The fourth-order valence-electron chi connectivity index (χ4n) is 2.87. The number of benzene rings is 2. The lowest BCUT2D eigenvalue weighted by Gasteiger charge is -2.24. The molecule has 0 unspecified atom stereocenters. The molecule has 1 aliphatic heterocycles. The number of nitrogens with one attached hydrogen (secondary N) is 2. The van der Waals surface area contributed by atoms with Gasteiger partial charge in [0.2, 0.25) is 12.7 Å². The van der Waals surface area contributed by atoms with Crippen LogP contribution in [0.4, 0.5) is 11.4 Å². The maximum absolute atomic E-state index is 12.5. The number of ether oxygens (including phenoxy) is 2. The molecular formula is C20H23N3O3S. The largest absolute Gasteiger partial charge is 0.454 e. The minimum Gasteiger partial charge on any atom is -0.454 e. The van der Waals surface area contributed by atoms with Crippen LogP contribution in [0.5, 0.6) is 11.5 Å². The molecule has 0 saturated carbocycles. The minimum atomic E-state index is -0.107. The quantitative estimate of drug-likeness (QED) is 0.766. The molecule has 0 atom stereocenters. The number of rotatable bonds is 5. The van der Waals surface area contributed by atoms with Crippen molar-refractivity contribution in [1.82, 2.24) is 4.90 Å². The number of hydrogen-bond donors (Lipinski definition) is 2. The Hall–Kier alpha value is -2.80. The van der Waals surface area contributed by atoms with Crippen LogP contribution in [-0.4, -0.2) is 35.8 Å². The van der Waals surface area contributed by atoms with Gasteiger partial charge in [-0.15, -0.1) is 0 Å². The summed E-state index contributed by atoms with van der Waals surface area (Å²) in [5.41, 5.74) is 3.71. The van der Waals surface area contributed by atoms with E-state index >= 15 is 0 Å². The van der Waals surface area contributed by atoms with Crippen molar-refractivity contribution in [1.29, 1.82) is 0 Å². The van der Waals surface area contributed by atoms with Crippen molar-refractivity contribution >= 4 is 34.6 Å². The van der Waals surface area contributed by atoms with Gasteiger partial charge in [-0.2, -0.15) is 0 Å². The second-order valence-electron chi connectivity index (χ2n) is 6.33. The smallest absolute Gasteiger partial charge is 0.243 e. The molecule has 0 spiro atoms. The van der Waals surface area contributed by atoms with Gasteiger partial charge >= 0.3 is 0 Å². The molecule has 2 aromatic rings. The molecular weight excluding hydrogens is 362 g/mol. The lowest BCUT2D eigenvalue weighted by Crippen LogP contribution is -2.40. The van der Waals surface area contributed by atoms with Gasteiger partial charge in [0, 0.05) is 24.0 Å². The maximum atomic E-state index is 12.5. The van der Waals surface area contributed by atoms with Crippen molar-refractivity contribution in [3.8, 4) is 11.5 Å². The van der Waals surface area contributed by atoms with E-state index in [4.69, 9.17) is 21.7 Å². The van der Waals surface area contributed by atoms with Gasteiger partial charge in [0.25, 0.3) is 0 Å². The lowest BCUT2D eigenvalue weighted by molar-refractivity contribution is -0.116. The molecule has 2 N–H and O–H groups in total. The van der Waals surface area contributed by atoms with Crippen molar-refractivity contribution in [2.24, 2.45) is 0 Å². The third-order valence-electron chi connectivity index (χ3n) is 4.37. The number of carbonyl (C=O) groups excluding carboxylic acids is 1. The lowest BCUT2D eigenvalue weighted by atomic mass is 10.1. The average molecular weight is 385 g/mol. The minimum absolute atomic E-state index is 0.107. The van der Waals surface area contributed by atoms with Crippen molar-refractivity contribution in [3.05, 3.63) is 47.5 Å². The Balaban J connectivity index is 1.62. The van der Waals surface area contributed by atoms with Crippen molar-refractivity contribution in [3.63, 3.8) is 0 Å². The summed E-state index contributed by atoms with van der Waals surface area (Å²) in [6.07, 6.45) is 0. The van der Waals surface area contributed by atoms with Crippen LogP contribution >= 0.6 is 12.2 Å². The number of carbonyl (C=O) groups is 1. The third kappa shape index (κ3) is 4.49. The van der Waals surface area contributed by atoms with Crippen molar-refractivity contribution in [2.45, 2.75) is 20.8 Å². The molecule has 0 radical (unpaired) electrons. The number of hydrogen-bond acceptors (Lipinski definition) is 4. The number of aryl methyl sites for hydroxylation is 2. The number of thiocarbonyl (C=S) groups is 1. The van der Waals surface area contributed by atoms with Gasteiger partial charge in [0.05, 0.1) is 6.54 Å². The molecule has 1 aliphatic rings. The zero-order valence-electron chi connectivity index (χ0n) is 15.7. The molecule has 2 aromatic carbocycles. The highest BCUT2D eigenvalue weighted by Crippen LogP contribution is 2.34. The second kappa shape index (κ2) is 8.26. The monoisotopic (exact) mass is 385 g/mol. The van der Waals surface area contributed by atoms with E-state index in [2.05, 4.69) is 10.6 Å². The average Bonchev–Trinajstić information content (AvgIpc) is 3.10. The number of anilines is 2. The van der Waals surface area contributed by atoms with Gasteiger partial charge in [0.15, 0.2) is 16.6 Å². The van der Waals surface area contributed by atoms with Crippen LogP contribution in [0, 0.1) is 13.8 Å². The van der Waals surface area contributed by atoms with Crippen LogP contribution < -0.4 is 20.1 Å². The Morgan fingerprint density at radius 3 is 2.52 bits per heavy atom. The summed E-state index contributed by atoms with van der Waals surface area (Å²) in [5, 5.41) is 6.63. The van der Waals surface area contributed by atoms with Crippen molar-refractivity contribution < 1.29 is 14.3 Å². The third-order valence-corrected chi connectivity index (χ3v) is 4.73. The highest BCUT2D eigenvalue weighted by atomic mass is 32.1. The van der Waals surface area contributed by atoms with Gasteiger partial charge in [-0.3, -0.25) is 4.79 Å². The summed E-state index contributed by atoms with van der Waals surface area (Å²) in [7, 11) is 0. The number of fused-ring (bicyclic) bond motifs is 1. The SMILES string of the molecule is CCN(CC(=O)Nc1c(C)cccc1C)C(=S)Nc1ccc2c(c1)OCO2. The fourth-order valence-corrected chi connectivity index (χ4v) is 3.18. The molecule has 7 heteroatoms. The molecule has 3 rings (SSSR count). The predicted molar refractivity (Wildman–Crippen MR) is 111 cm³/mol. The molecule has 0 saturated heterocycles. The van der Waals surface area contributed by atoms with Crippen LogP contribution in [-0.2, 0) is 4.79 Å². The summed E-state index contributed by atoms with van der Waals surface area (Å²) >= 11 is 5.48. The number of nitrogens with zero attached hydrogens (tertiary/aromatic N) is 1. The van der Waals surface area contributed by atoms with E-state index in [0.717, 1.165) is 22.5 Å². The standard InChI is InChI=1S/C20H23N3O3S/c1-4-23(11-18(24)22-19-13(2)6-5-7-14(19)3)20(27)21-15-8-9-16-17(10-15)26-12-25-16/h5-10H,4,11-12H2,1-3H3,(H,21,27)(H,22,24). The van der Waals surface area contributed by atoms with Gasteiger partial charge in [-0.1, -0.05) is 18.2 Å². The second-order valence-corrected chi connectivity index (χ2v) is 6.71. The van der Waals surface area contributed by atoms with Gasteiger partial charge in [-0.05, 0) is 56.2 Å². The molecule has 0 aliphatic carbocycles. The first kappa shape index (κ1) is 19.0. The highest BCUT2D eigenvalue weighted by Gasteiger charge is 2.17. The van der Waals surface area contributed by atoms with E-state index in [0.29, 0.717) is 23.2 Å². The molecule has 1 heterocycles. The van der Waals surface area contributed by atoms with E-state index in [9.17, 15) is 4.79 Å². The van der Waals surface area contributed by atoms with E-state index < -0.39 is 0 Å². The summed E-state index contributed by atoms with van der Waals surface area (Å²) in [5.74, 6) is 1.29. The molecule has 142 valence electrons. The first-order valence-corrected chi connectivity index (χ1v) is 9.20. The van der Waals surface area contributed by atoms with Gasteiger partial charge in [0.1, 0.15) is 0 Å². The summed E-state index contributed by atoms with van der Waals surface area (Å²) < 4.78 is 10.7. The van der Waals surface area contributed by atoms with Gasteiger partial charge < -0.3 is 25.0 Å². The number of amides is 1.